The highest BCUT2D eigenvalue weighted by molar-refractivity contribution is 7.22. The molecule has 0 bridgehead atoms. The largest absolute Gasteiger partial charge is 0.469 e. The van der Waals surface area contributed by atoms with Crippen LogP contribution in [0.25, 0.3) is 10.2 Å². The van der Waals surface area contributed by atoms with E-state index in [9.17, 15) is 10.1 Å². The van der Waals surface area contributed by atoms with Crippen molar-refractivity contribution in [3.05, 3.63) is 40.2 Å². The number of para-hydroxylation sites is 1. The molecule has 27 heavy (non-hydrogen) atoms. The van der Waals surface area contributed by atoms with E-state index in [1.807, 2.05) is 25.1 Å². The molecule has 1 aromatic carbocycles. The van der Waals surface area contributed by atoms with E-state index >= 15 is 0 Å². The van der Waals surface area contributed by atoms with Gasteiger partial charge in [0, 0.05) is 0 Å². The molecule has 0 amide bonds. The molecule has 4 rings (SSSR count). The topological polar surface area (TPSA) is 103 Å². The predicted molar refractivity (Wildman–Crippen MR) is 104 cm³/mol. The Labute approximate surface area is 159 Å². The molecule has 3 aromatic rings. The lowest BCUT2D eigenvalue weighted by Crippen LogP contribution is -2.21. The number of nitrogens with zero attached hydrogens (tertiary/aromatic N) is 4. The lowest BCUT2D eigenvalue weighted by Gasteiger charge is -2.22. The van der Waals surface area contributed by atoms with Crippen LogP contribution in [0.1, 0.15) is 37.7 Å². The van der Waals surface area contributed by atoms with Gasteiger partial charge in [0.05, 0.1) is 15.1 Å². The maximum Gasteiger partial charge on any atom is 0.373 e. The minimum Gasteiger partial charge on any atom is -0.469 e. The number of aromatic nitrogens is 3. The third kappa shape index (κ3) is 3.68. The van der Waals surface area contributed by atoms with Crippen LogP contribution in [0.15, 0.2) is 24.5 Å². The van der Waals surface area contributed by atoms with Crippen molar-refractivity contribution < 1.29 is 9.66 Å². The summed E-state index contributed by atoms with van der Waals surface area (Å²) in [5.74, 6) is 0.110. The zero-order chi connectivity index (χ0) is 18.8. The third-order valence-corrected chi connectivity index (χ3v) is 5.58. The first-order valence-electron chi connectivity index (χ1n) is 8.91. The zero-order valence-corrected chi connectivity index (χ0v) is 15.7. The Hall–Kier alpha value is -2.81. The van der Waals surface area contributed by atoms with Gasteiger partial charge in [0.2, 0.25) is 5.82 Å². The van der Waals surface area contributed by atoms with Gasteiger partial charge in [-0.15, -0.1) is 0 Å². The zero-order valence-electron chi connectivity index (χ0n) is 14.8. The second-order valence-corrected chi connectivity index (χ2v) is 7.61. The van der Waals surface area contributed by atoms with Crippen LogP contribution < -0.4 is 10.1 Å². The molecule has 0 radical (unpaired) electrons. The Bertz CT molecular complexity index is 984. The van der Waals surface area contributed by atoms with Crippen LogP contribution in [0.3, 0.4) is 0 Å². The molecule has 1 saturated carbocycles. The number of aryl methyl sites for hydroxylation is 1. The van der Waals surface area contributed by atoms with Crippen LogP contribution in [0.2, 0.25) is 0 Å². The van der Waals surface area contributed by atoms with Gasteiger partial charge in [0.25, 0.3) is 5.88 Å². The van der Waals surface area contributed by atoms with Gasteiger partial charge in [-0.05, 0) is 44.2 Å². The lowest BCUT2D eigenvalue weighted by atomic mass is 9.98. The Morgan fingerprint density at radius 3 is 2.81 bits per heavy atom. The van der Waals surface area contributed by atoms with Crippen LogP contribution in [0, 0.1) is 17.0 Å². The van der Waals surface area contributed by atoms with E-state index in [4.69, 9.17) is 4.74 Å². The molecule has 9 heteroatoms. The molecular weight excluding hydrogens is 366 g/mol. The Morgan fingerprint density at radius 1 is 1.26 bits per heavy atom. The van der Waals surface area contributed by atoms with Crippen LogP contribution in [-0.4, -0.2) is 26.0 Å². The number of hydrogen-bond acceptors (Lipinski definition) is 8. The van der Waals surface area contributed by atoms with Gasteiger partial charge in [-0.25, -0.2) is 9.97 Å². The van der Waals surface area contributed by atoms with Crippen molar-refractivity contribution in [1.29, 1.82) is 0 Å². The van der Waals surface area contributed by atoms with Gasteiger partial charge in [0.15, 0.2) is 5.13 Å². The molecule has 0 unspecified atom stereocenters. The summed E-state index contributed by atoms with van der Waals surface area (Å²) >= 11 is 1.42. The smallest absolute Gasteiger partial charge is 0.373 e. The number of anilines is 2. The number of rotatable bonds is 5. The highest BCUT2D eigenvalue weighted by Gasteiger charge is 2.28. The second kappa shape index (κ2) is 7.43. The van der Waals surface area contributed by atoms with E-state index in [2.05, 4.69) is 20.3 Å². The first-order valence-corrected chi connectivity index (χ1v) is 9.72. The van der Waals surface area contributed by atoms with Crippen LogP contribution in [0.5, 0.6) is 5.88 Å². The van der Waals surface area contributed by atoms with Gasteiger partial charge in [-0.3, -0.25) is 10.1 Å². The number of fused-ring (bicyclic) bond motifs is 1. The molecule has 2 heterocycles. The average Bonchev–Trinajstić information content (AvgIpc) is 3.06. The van der Waals surface area contributed by atoms with E-state index in [-0.39, 0.29) is 23.5 Å². The molecular formula is C18H19N5O3S. The summed E-state index contributed by atoms with van der Waals surface area (Å²) in [6, 6.07) is 5.91. The Kier molecular flexibility index (Phi) is 4.85. The SMILES string of the molecule is Cc1cccc2sc(Nc3ncnc(OC4CCCCC4)c3[N+](=O)[O-])nc12. The third-order valence-electron chi connectivity index (χ3n) is 4.65. The van der Waals surface area contributed by atoms with Crippen LogP contribution in [0.4, 0.5) is 16.6 Å². The van der Waals surface area contributed by atoms with Crippen LogP contribution >= 0.6 is 11.3 Å². The van der Waals surface area contributed by atoms with Gasteiger partial charge in [-0.1, -0.05) is 29.9 Å². The fourth-order valence-electron chi connectivity index (χ4n) is 3.29. The molecule has 1 N–H and O–H groups in total. The minimum absolute atomic E-state index is 0.0155. The van der Waals surface area contributed by atoms with Crippen molar-refractivity contribution in [1.82, 2.24) is 15.0 Å². The van der Waals surface area contributed by atoms with Crippen molar-refractivity contribution in [3.63, 3.8) is 0 Å². The van der Waals surface area contributed by atoms with E-state index in [0.29, 0.717) is 5.13 Å². The summed E-state index contributed by atoms with van der Waals surface area (Å²) in [4.78, 5) is 23.8. The van der Waals surface area contributed by atoms with Gasteiger partial charge < -0.3 is 10.1 Å². The molecule has 0 spiro atoms. The number of hydrogen-bond donors (Lipinski definition) is 1. The quantitative estimate of drug-likeness (QED) is 0.499. The van der Waals surface area contributed by atoms with Gasteiger partial charge in [-0.2, -0.15) is 4.98 Å². The summed E-state index contributed by atoms with van der Waals surface area (Å²) in [7, 11) is 0. The molecule has 8 nitrogen and oxygen atoms in total. The number of nitro groups is 1. The van der Waals surface area contributed by atoms with E-state index in [1.54, 1.807) is 0 Å². The fraction of sp³-hybridized carbons (Fsp3) is 0.389. The highest BCUT2D eigenvalue weighted by atomic mass is 32.1. The van der Waals surface area contributed by atoms with Crippen molar-refractivity contribution in [2.75, 3.05) is 5.32 Å². The van der Waals surface area contributed by atoms with Crippen molar-refractivity contribution in [2.24, 2.45) is 0 Å². The summed E-state index contributed by atoms with van der Waals surface area (Å²) in [6.07, 6.45) is 6.34. The fourth-order valence-corrected chi connectivity index (χ4v) is 4.23. The van der Waals surface area contributed by atoms with E-state index in [1.165, 1.54) is 24.1 Å². The van der Waals surface area contributed by atoms with E-state index in [0.717, 1.165) is 41.5 Å². The standard InChI is InChI=1S/C18H19N5O3S/c1-11-6-5-9-13-14(11)21-18(27-13)22-16-15(23(24)25)17(20-10-19-16)26-12-7-3-2-4-8-12/h5-6,9-10,12H,2-4,7-8H2,1H3,(H,19,20,21,22). The lowest BCUT2D eigenvalue weighted by molar-refractivity contribution is -0.385. The molecule has 1 fully saturated rings. The second-order valence-electron chi connectivity index (χ2n) is 6.58. The molecule has 0 saturated heterocycles. The first kappa shape index (κ1) is 17.6. The van der Waals surface area contributed by atoms with Gasteiger partial charge in [0.1, 0.15) is 12.4 Å². The number of nitrogens with one attached hydrogen (secondary N) is 1. The normalized spacial score (nSPS) is 15.0. The Morgan fingerprint density at radius 2 is 2.07 bits per heavy atom. The first-order chi connectivity index (χ1) is 13.1. The van der Waals surface area contributed by atoms with Gasteiger partial charge >= 0.3 is 5.69 Å². The van der Waals surface area contributed by atoms with Crippen molar-refractivity contribution in [2.45, 2.75) is 45.1 Å². The molecule has 2 aromatic heterocycles. The summed E-state index contributed by atoms with van der Waals surface area (Å²) < 4.78 is 6.86. The molecule has 0 aliphatic heterocycles. The highest BCUT2D eigenvalue weighted by Crippen LogP contribution is 2.37. The molecule has 140 valence electrons. The molecule has 1 aliphatic rings. The average molecular weight is 385 g/mol. The van der Waals surface area contributed by atoms with E-state index < -0.39 is 4.92 Å². The Balaban J connectivity index is 1.65. The monoisotopic (exact) mass is 385 g/mol. The predicted octanol–water partition coefficient (Wildman–Crippen LogP) is 4.76. The minimum atomic E-state index is -0.501. The van der Waals surface area contributed by atoms with Crippen LogP contribution in [-0.2, 0) is 0 Å². The number of ether oxygens (including phenoxy) is 1. The van der Waals surface area contributed by atoms with Crippen molar-refractivity contribution >= 4 is 38.2 Å². The summed E-state index contributed by atoms with van der Waals surface area (Å²) in [5, 5.41) is 15.2. The van der Waals surface area contributed by atoms with Crippen molar-refractivity contribution in [3.8, 4) is 5.88 Å². The maximum absolute atomic E-state index is 11.7. The number of benzene rings is 1. The number of thiazole rings is 1. The summed E-state index contributed by atoms with van der Waals surface area (Å²) in [6.45, 7) is 1.98. The maximum atomic E-state index is 11.7. The summed E-state index contributed by atoms with van der Waals surface area (Å²) in [5.41, 5.74) is 1.68. The molecule has 0 atom stereocenters. The molecule has 1 aliphatic carbocycles.